The second kappa shape index (κ2) is 7.73. The Morgan fingerprint density at radius 3 is 2.72 bits per heavy atom. The molecule has 0 aromatic carbocycles. The first kappa shape index (κ1) is 14.5. The van der Waals surface area contributed by atoms with Crippen LogP contribution in [0.1, 0.15) is 31.5 Å². The van der Waals surface area contributed by atoms with Crippen LogP contribution in [0.5, 0.6) is 0 Å². The average molecular weight is 245 g/mol. The van der Waals surface area contributed by atoms with Gasteiger partial charge in [-0.05, 0) is 31.5 Å². The van der Waals surface area contributed by atoms with Crippen molar-refractivity contribution in [1.82, 2.24) is 10.3 Å². The molecule has 1 heterocycles. The van der Waals surface area contributed by atoms with Crippen LogP contribution in [-0.4, -0.2) is 24.6 Å². The van der Waals surface area contributed by atoms with Gasteiger partial charge in [0.25, 0.3) is 0 Å². The highest BCUT2D eigenvalue weighted by Gasteiger charge is 2.07. The molecule has 0 radical (unpaired) electrons. The maximum atomic E-state index is 5.40. The zero-order valence-electron chi connectivity index (χ0n) is 11.7. The standard InChI is InChI=1S/C15H23N3/c1-5-10-18(11-6-2)15-9-8-14(12-16-7-3)13(4)17-15/h1,8-9,16H,6-7,10-12H2,2-4H3. The molecule has 0 bridgehead atoms. The third kappa shape index (κ3) is 4.05. The Hall–Kier alpha value is -1.53. The molecule has 0 aliphatic rings. The molecule has 3 nitrogen and oxygen atoms in total. The normalized spacial score (nSPS) is 10.1. The van der Waals surface area contributed by atoms with Gasteiger partial charge in [-0.3, -0.25) is 0 Å². The third-order valence-electron chi connectivity index (χ3n) is 2.85. The van der Waals surface area contributed by atoms with Crippen molar-refractivity contribution < 1.29 is 0 Å². The average Bonchev–Trinajstić information content (AvgIpc) is 2.37. The van der Waals surface area contributed by atoms with Crippen LogP contribution in [0.2, 0.25) is 0 Å². The smallest absolute Gasteiger partial charge is 0.129 e. The molecule has 0 amide bonds. The first-order chi connectivity index (χ1) is 8.72. The molecule has 0 unspecified atom stereocenters. The van der Waals surface area contributed by atoms with Gasteiger partial charge in [0.05, 0.1) is 6.54 Å². The largest absolute Gasteiger partial charge is 0.345 e. The monoisotopic (exact) mass is 245 g/mol. The summed E-state index contributed by atoms with van der Waals surface area (Å²) in [6, 6.07) is 4.20. The zero-order chi connectivity index (χ0) is 13.4. The Morgan fingerprint density at radius 1 is 1.39 bits per heavy atom. The second-order valence-electron chi connectivity index (χ2n) is 4.32. The molecule has 1 rings (SSSR count). The van der Waals surface area contributed by atoms with Crippen LogP contribution < -0.4 is 10.2 Å². The maximum absolute atomic E-state index is 5.40. The van der Waals surface area contributed by atoms with E-state index in [-0.39, 0.29) is 0 Å². The molecular weight excluding hydrogens is 222 g/mol. The van der Waals surface area contributed by atoms with Crippen molar-refractivity contribution in [3.05, 3.63) is 23.4 Å². The summed E-state index contributed by atoms with van der Waals surface area (Å²) in [6.07, 6.45) is 6.47. The molecule has 0 aliphatic carbocycles. The molecule has 98 valence electrons. The molecule has 1 aromatic rings. The summed E-state index contributed by atoms with van der Waals surface area (Å²) in [7, 11) is 0. The summed E-state index contributed by atoms with van der Waals surface area (Å²) in [5, 5.41) is 3.32. The van der Waals surface area contributed by atoms with Crippen molar-refractivity contribution in [2.75, 3.05) is 24.5 Å². The van der Waals surface area contributed by atoms with Crippen LogP contribution in [0, 0.1) is 19.3 Å². The molecule has 1 aromatic heterocycles. The highest BCUT2D eigenvalue weighted by atomic mass is 15.2. The van der Waals surface area contributed by atoms with E-state index in [2.05, 4.69) is 54.0 Å². The van der Waals surface area contributed by atoms with Gasteiger partial charge in [0.2, 0.25) is 0 Å². The topological polar surface area (TPSA) is 28.2 Å². The lowest BCUT2D eigenvalue weighted by atomic mass is 10.2. The molecule has 0 fully saturated rings. The summed E-state index contributed by atoms with van der Waals surface area (Å²) in [4.78, 5) is 6.80. The zero-order valence-corrected chi connectivity index (χ0v) is 11.7. The van der Waals surface area contributed by atoms with E-state index >= 15 is 0 Å². The number of aryl methyl sites for hydroxylation is 1. The number of nitrogens with zero attached hydrogens (tertiary/aromatic N) is 2. The quantitative estimate of drug-likeness (QED) is 0.747. The minimum atomic E-state index is 0.618. The van der Waals surface area contributed by atoms with E-state index in [1.165, 1.54) is 5.56 Å². The maximum Gasteiger partial charge on any atom is 0.129 e. The number of pyridine rings is 1. The Bertz CT molecular complexity index is 407. The number of aromatic nitrogens is 1. The molecule has 18 heavy (non-hydrogen) atoms. The minimum Gasteiger partial charge on any atom is -0.345 e. The molecule has 0 saturated heterocycles. The van der Waals surface area contributed by atoms with Gasteiger partial charge in [-0.15, -0.1) is 6.42 Å². The SMILES string of the molecule is C#CCN(CCC)c1ccc(CNCC)c(C)n1. The number of nitrogens with one attached hydrogen (secondary N) is 1. The van der Waals surface area contributed by atoms with E-state index in [0.29, 0.717) is 6.54 Å². The van der Waals surface area contributed by atoms with Crippen molar-refractivity contribution >= 4 is 5.82 Å². The van der Waals surface area contributed by atoms with Crippen molar-refractivity contribution in [3.63, 3.8) is 0 Å². The number of rotatable bonds is 7. The van der Waals surface area contributed by atoms with Crippen LogP contribution in [0.15, 0.2) is 12.1 Å². The fourth-order valence-corrected chi connectivity index (χ4v) is 1.85. The van der Waals surface area contributed by atoms with Crippen molar-refractivity contribution in [2.45, 2.75) is 33.7 Å². The van der Waals surface area contributed by atoms with Gasteiger partial charge in [0, 0.05) is 18.8 Å². The van der Waals surface area contributed by atoms with Crippen LogP contribution >= 0.6 is 0 Å². The van der Waals surface area contributed by atoms with Gasteiger partial charge in [-0.1, -0.05) is 25.8 Å². The van der Waals surface area contributed by atoms with Crippen molar-refractivity contribution in [2.24, 2.45) is 0 Å². The van der Waals surface area contributed by atoms with Gasteiger partial charge >= 0.3 is 0 Å². The molecule has 0 aliphatic heterocycles. The highest BCUT2D eigenvalue weighted by molar-refractivity contribution is 5.42. The summed E-state index contributed by atoms with van der Waals surface area (Å²) in [6.45, 7) is 9.72. The molecular formula is C15H23N3. The number of hydrogen-bond donors (Lipinski definition) is 1. The van der Waals surface area contributed by atoms with E-state index < -0.39 is 0 Å². The Kier molecular flexibility index (Phi) is 6.24. The lowest BCUT2D eigenvalue weighted by molar-refractivity contribution is 0.718. The Balaban J connectivity index is 2.84. The van der Waals surface area contributed by atoms with Crippen LogP contribution in [-0.2, 0) is 6.54 Å². The van der Waals surface area contributed by atoms with E-state index in [1.807, 2.05) is 0 Å². The van der Waals surface area contributed by atoms with E-state index in [9.17, 15) is 0 Å². The summed E-state index contributed by atoms with van der Waals surface area (Å²) in [5.74, 6) is 3.67. The number of terminal acetylenes is 1. The fourth-order valence-electron chi connectivity index (χ4n) is 1.85. The van der Waals surface area contributed by atoms with Gasteiger partial charge < -0.3 is 10.2 Å². The third-order valence-corrected chi connectivity index (χ3v) is 2.85. The van der Waals surface area contributed by atoms with Gasteiger partial charge in [-0.25, -0.2) is 4.98 Å². The van der Waals surface area contributed by atoms with Crippen molar-refractivity contribution in [1.29, 1.82) is 0 Å². The van der Waals surface area contributed by atoms with E-state index in [0.717, 1.165) is 37.6 Å². The number of hydrogen-bond acceptors (Lipinski definition) is 3. The lowest BCUT2D eigenvalue weighted by Gasteiger charge is -2.21. The predicted octanol–water partition coefficient (Wildman–Crippen LogP) is 2.35. The van der Waals surface area contributed by atoms with Crippen LogP contribution in [0.4, 0.5) is 5.82 Å². The summed E-state index contributed by atoms with van der Waals surface area (Å²) in [5.41, 5.74) is 2.32. The van der Waals surface area contributed by atoms with E-state index in [1.54, 1.807) is 0 Å². The van der Waals surface area contributed by atoms with Gasteiger partial charge in [0.1, 0.15) is 5.82 Å². The van der Waals surface area contributed by atoms with Gasteiger partial charge in [0.15, 0.2) is 0 Å². The minimum absolute atomic E-state index is 0.618. The second-order valence-corrected chi connectivity index (χ2v) is 4.32. The fraction of sp³-hybridized carbons (Fsp3) is 0.533. The number of anilines is 1. The molecule has 3 heteroatoms. The Labute approximate surface area is 111 Å². The van der Waals surface area contributed by atoms with Crippen molar-refractivity contribution in [3.8, 4) is 12.3 Å². The first-order valence-electron chi connectivity index (χ1n) is 6.58. The first-order valence-corrected chi connectivity index (χ1v) is 6.58. The highest BCUT2D eigenvalue weighted by Crippen LogP contribution is 2.15. The lowest BCUT2D eigenvalue weighted by Crippen LogP contribution is -2.25. The molecule has 1 N–H and O–H groups in total. The van der Waals surface area contributed by atoms with E-state index in [4.69, 9.17) is 6.42 Å². The summed E-state index contributed by atoms with van der Waals surface area (Å²) >= 11 is 0. The van der Waals surface area contributed by atoms with Gasteiger partial charge in [-0.2, -0.15) is 0 Å². The molecule has 0 spiro atoms. The Morgan fingerprint density at radius 2 is 2.17 bits per heavy atom. The van der Waals surface area contributed by atoms with Crippen LogP contribution in [0.3, 0.4) is 0 Å². The molecule has 0 saturated carbocycles. The summed E-state index contributed by atoms with van der Waals surface area (Å²) < 4.78 is 0. The molecule has 0 atom stereocenters. The predicted molar refractivity (Wildman–Crippen MR) is 77.7 cm³/mol. The van der Waals surface area contributed by atoms with Crippen LogP contribution in [0.25, 0.3) is 0 Å².